The van der Waals surface area contributed by atoms with Crippen LogP contribution in [0, 0.1) is 17.2 Å². The molecule has 0 atom stereocenters. The van der Waals surface area contributed by atoms with Crippen molar-refractivity contribution >= 4 is 18.2 Å². The van der Waals surface area contributed by atoms with Gasteiger partial charge in [-0.3, -0.25) is 4.98 Å². The summed E-state index contributed by atoms with van der Waals surface area (Å²) in [5.41, 5.74) is 0. The Kier molecular flexibility index (Phi) is 2.28. The molecular formula is C6H7N3OS. The van der Waals surface area contributed by atoms with E-state index in [0.717, 1.165) is 0 Å². The zero-order valence-corrected chi connectivity index (χ0v) is 6.81. The summed E-state index contributed by atoms with van der Waals surface area (Å²) in [6.45, 7) is 0.470. The van der Waals surface area contributed by atoms with Crippen molar-refractivity contribution in [2.24, 2.45) is 0 Å². The van der Waals surface area contributed by atoms with Gasteiger partial charge in [-0.2, -0.15) is 0 Å². The number of nitrogens with zero attached hydrogens (tertiary/aromatic N) is 2. The fraction of sp³-hybridized carbons (Fsp3) is 0.333. The van der Waals surface area contributed by atoms with Gasteiger partial charge in [0.25, 0.3) is 4.84 Å². The topological polar surface area (TPSA) is 45.1 Å². The number of nitrogens with one attached hydrogen (secondary N) is 1. The molecule has 0 amide bonds. The van der Waals surface area contributed by atoms with Crippen molar-refractivity contribution < 1.29 is 4.52 Å². The number of anilines is 1. The summed E-state index contributed by atoms with van der Waals surface area (Å²) in [6, 6.07) is 0. The predicted octanol–water partition coefficient (Wildman–Crippen LogP) is 0.802. The van der Waals surface area contributed by atoms with Gasteiger partial charge >= 0.3 is 0 Å². The average molecular weight is 169 g/mol. The van der Waals surface area contributed by atoms with Crippen LogP contribution in [0.2, 0.25) is 0 Å². The smallest absolute Gasteiger partial charge is 0.296 e. The van der Waals surface area contributed by atoms with Crippen molar-refractivity contribution in [3.63, 3.8) is 0 Å². The SMILES string of the molecule is C#CCN(C)c1noc(=S)[nH]1. The fourth-order valence-electron chi connectivity index (χ4n) is 0.599. The monoisotopic (exact) mass is 169 g/mol. The minimum atomic E-state index is 0.254. The van der Waals surface area contributed by atoms with Gasteiger partial charge in [-0.1, -0.05) is 5.92 Å². The molecule has 0 saturated heterocycles. The van der Waals surface area contributed by atoms with E-state index in [1.54, 1.807) is 11.9 Å². The first kappa shape index (κ1) is 7.82. The van der Waals surface area contributed by atoms with Crippen molar-refractivity contribution in [3.8, 4) is 12.3 Å². The molecule has 11 heavy (non-hydrogen) atoms. The molecular weight excluding hydrogens is 162 g/mol. The number of aromatic amines is 1. The Labute approximate surface area is 69.2 Å². The van der Waals surface area contributed by atoms with Crippen molar-refractivity contribution in [2.75, 3.05) is 18.5 Å². The minimum absolute atomic E-state index is 0.254. The third-order valence-electron chi connectivity index (χ3n) is 1.12. The number of hydrogen-bond acceptors (Lipinski definition) is 4. The summed E-state index contributed by atoms with van der Waals surface area (Å²) in [6.07, 6.45) is 5.08. The number of aromatic nitrogens is 2. The maximum Gasteiger partial charge on any atom is 0.296 e. The van der Waals surface area contributed by atoms with Gasteiger partial charge in [0, 0.05) is 7.05 Å². The first-order valence-electron chi connectivity index (χ1n) is 2.94. The standard InChI is InChI=1S/C6H7N3OS/c1-3-4-9(2)5-7-6(11)10-8-5/h1H,4H2,2H3,(H,7,8,11). The molecule has 0 aliphatic heterocycles. The molecule has 1 rings (SSSR count). The minimum Gasteiger partial charge on any atom is -0.332 e. The fourth-order valence-corrected chi connectivity index (χ4v) is 0.727. The van der Waals surface area contributed by atoms with Crippen LogP contribution in [0.15, 0.2) is 4.52 Å². The van der Waals surface area contributed by atoms with Crippen LogP contribution in [-0.4, -0.2) is 23.7 Å². The second kappa shape index (κ2) is 3.21. The molecule has 0 aliphatic rings. The maximum atomic E-state index is 5.08. The normalized spacial score (nSPS) is 9.09. The van der Waals surface area contributed by atoms with Gasteiger partial charge < -0.3 is 9.42 Å². The third kappa shape index (κ3) is 1.82. The van der Waals surface area contributed by atoms with Crippen LogP contribution in [0.3, 0.4) is 0 Å². The Hall–Kier alpha value is -1.28. The van der Waals surface area contributed by atoms with E-state index in [4.69, 9.17) is 6.42 Å². The molecule has 1 N–H and O–H groups in total. The molecule has 0 aliphatic carbocycles. The largest absolute Gasteiger partial charge is 0.332 e. The van der Waals surface area contributed by atoms with Gasteiger partial charge in [-0.05, 0) is 17.4 Å². The zero-order valence-electron chi connectivity index (χ0n) is 6.00. The molecule has 0 fully saturated rings. The Morgan fingerprint density at radius 2 is 2.64 bits per heavy atom. The highest BCUT2D eigenvalue weighted by molar-refractivity contribution is 7.71. The number of terminal acetylenes is 1. The zero-order chi connectivity index (χ0) is 8.27. The molecule has 4 nitrogen and oxygen atoms in total. The van der Waals surface area contributed by atoms with Crippen LogP contribution in [0.25, 0.3) is 0 Å². The van der Waals surface area contributed by atoms with Crippen LogP contribution in [-0.2, 0) is 0 Å². The lowest BCUT2D eigenvalue weighted by molar-refractivity contribution is 0.405. The maximum absolute atomic E-state index is 5.08. The van der Waals surface area contributed by atoms with E-state index in [-0.39, 0.29) is 4.84 Å². The van der Waals surface area contributed by atoms with Crippen LogP contribution in [0.1, 0.15) is 0 Å². The van der Waals surface area contributed by atoms with Gasteiger partial charge in [0.15, 0.2) is 0 Å². The van der Waals surface area contributed by atoms with E-state index in [1.165, 1.54) is 0 Å². The predicted molar refractivity (Wildman–Crippen MR) is 43.8 cm³/mol. The summed E-state index contributed by atoms with van der Waals surface area (Å²) in [4.78, 5) is 4.70. The van der Waals surface area contributed by atoms with Crippen molar-refractivity contribution in [1.82, 2.24) is 10.1 Å². The first-order chi connectivity index (χ1) is 5.24. The molecule has 5 heteroatoms. The van der Waals surface area contributed by atoms with Crippen molar-refractivity contribution in [3.05, 3.63) is 4.84 Å². The Balaban J connectivity index is 2.78. The Morgan fingerprint density at radius 1 is 1.91 bits per heavy atom. The van der Waals surface area contributed by atoms with E-state index in [1.807, 2.05) is 0 Å². The van der Waals surface area contributed by atoms with Gasteiger partial charge in [0.1, 0.15) is 0 Å². The Morgan fingerprint density at radius 3 is 3.09 bits per heavy atom. The molecule has 58 valence electrons. The molecule has 0 radical (unpaired) electrons. The quantitative estimate of drug-likeness (QED) is 0.525. The Bertz CT molecular complexity index is 321. The summed E-state index contributed by atoms with van der Waals surface area (Å²) < 4.78 is 4.63. The van der Waals surface area contributed by atoms with E-state index in [0.29, 0.717) is 12.5 Å². The molecule has 1 heterocycles. The molecule has 0 saturated carbocycles. The van der Waals surface area contributed by atoms with Crippen molar-refractivity contribution in [1.29, 1.82) is 0 Å². The average Bonchev–Trinajstić information content (AvgIpc) is 2.36. The van der Waals surface area contributed by atoms with Crippen LogP contribution >= 0.6 is 12.2 Å². The van der Waals surface area contributed by atoms with E-state index < -0.39 is 0 Å². The number of rotatable bonds is 2. The summed E-state index contributed by atoms with van der Waals surface area (Å²) in [7, 11) is 1.79. The summed E-state index contributed by atoms with van der Waals surface area (Å²) >= 11 is 4.67. The van der Waals surface area contributed by atoms with Crippen molar-refractivity contribution in [2.45, 2.75) is 0 Å². The van der Waals surface area contributed by atoms with Crippen LogP contribution in [0.5, 0.6) is 0 Å². The van der Waals surface area contributed by atoms with Gasteiger partial charge in [0.05, 0.1) is 6.54 Å². The lowest BCUT2D eigenvalue weighted by Gasteiger charge is -2.08. The van der Waals surface area contributed by atoms with Gasteiger partial charge in [-0.25, -0.2) is 0 Å². The second-order valence-electron chi connectivity index (χ2n) is 1.98. The summed E-state index contributed by atoms with van der Waals surface area (Å²) in [5, 5.41) is 3.63. The van der Waals surface area contributed by atoms with Crippen LogP contribution in [0.4, 0.5) is 5.95 Å². The molecule has 1 aromatic rings. The lowest BCUT2D eigenvalue weighted by atomic mass is 10.6. The van der Waals surface area contributed by atoms with Gasteiger partial charge in [0.2, 0.25) is 5.95 Å². The number of hydrogen-bond donors (Lipinski definition) is 1. The molecule has 0 spiro atoms. The number of H-pyrrole nitrogens is 1. The van der Waals surface area contributed by atoms with E-state index >= 15 is 0 Å². The van der Waals surface area contributed by atoms with E-state index in [2.05, 4.69) is 32.8 Å². The van der Waals surface area contributed by atoms with Gasteiger partial charge in [-0.15, -0.1) is 6.42 Å². The molecule has 0 aromatic carbocycles. The van der Waals surface area contributed by atoms with E-state index in [9.17, 15) is 0 Å². The first-order valence-corrected chi connectivity index (χ1v) is 3.35. The molecule has 0 bridgehead atoms. The second-order valence-corrected chi connectivity index (χ2v) is 2.35. The van der Waals surface area contributed by atoms with Crippen LogP contribution < -0.4 is 4.90 Å². The summed E-state index contributed by atoms with van der Waals surface area (Å²) in [5.74, 6) is 3.01. The third-order valence-corrected chi connectivity index (χ3v) is 1.30. The molecule has 1 aromatic heterocycles. The highest BCUT2D eigenvalue weighted by Gasteiger charge is 2.01. The molecule has 0 unspecified atom stereocenters. The lowest BCUT2D eigenvalue weighted by Crippen LogP contribution is -2.18. The highest BCUT2D eigenvalue weighted by Crippen LogP contribution is 2.02. The highest BCUT2D eigenvalue weighted by atomic mass is 32.1.